The Kier molecular flexibility index (Phi) is 7.38. The van der Waals surface area contributed by atoms with Crippen LogP contribution in [-0.2, 0) is 9.22 Å². The van der Waals surface area contributed by atoms with Crippen molar-refractivity contribution in [1.82, 2.24) is 0 Å². The molecule has 0 aromatic heterocycles. The number of hydrogen-bond acceptors (Lipinski definition) is 3. The van der Waals surface area contributed by atoms with Crippen molar-refractivity contribution in [2.75, 3.05) is 0 Å². The molecule has 1 aromatic carbocycles. The molecule has 0 spiro atoms. The van der Waals surface area contributed by atoms with Gasteiger partial charge in [-0.1, -0.05) is 65.0 Å². The summed E-state index contributed by atoms with van der Waals surface area (Å²) < 4.78 is 6.46. The number of Topliss-reactive ketones (excluding diaryl/α,β-unsaturated/α-hetero) is 1. The number of carbonyl (C=O) groups is 1. The maximum atomic E-state index is 12.6. The first-order chi connectivity index (χ1) is 11.0. The number of benzene rings is 1. The van der Waals surface area contributed by atoms with E-state index in [4.69, 9.17) is 4.43 Å². The molecule has 3 nitrogen and oxygen atoms in total. The molecule has 3 atom stereocenters. The van der Waals surface area contributed by atoms with Gasteiger partial charge in [-0.25, -0.2) is 0 Å². The quantitative estimate of drug-likeness (QED) is 0.662. The zero-order valence-corrected chi connectivity index (χ0v) is 17.3. The number of hydrogen-bond donors (Lipinski definition) is 1. The SMILES string of the molecule is CC[C@H](O[Si](C)(C)C(C)(C)C)[C@@H](C)C(=O)C[C@@H](O)c1ccccc1. The van der Waals surface area contributed by atoms with Crippen molar-refractivity contribution in [1.29, 1.82) is 0 Å². The van der Waals surface area contributed by atoms with E-state index in [0.717, 1.165) is 12.0 Å². The van der Waals surface area contributed by atoms with E-state index in [1.165, 1.54) is 0 Å². The Bertz CT molecular complexity index is 519. The largest absolute Gasteiger partial charge is 0.413 e. The molecule has 0 saturated carbocycles. The standard InChI is InChI=1S/C20H34O3Si/c1-8-19(23-24(6,7)20(3,4)5)15(2)17(21)14-18(22)16-12-10-9-11-13-16/h9-13,15,18-19,22H,8,14H2,1-7H3/t15-,18+,19-/m0/s1. The van der Waals surface area contributed by atoms with Crippen LogP contribution in [0, 0.1) is 5.92 Å². The van der Waals surface area contributed by atoms with Crippen LogP contribution in [0.25, 0.3) is 0 Å². The van der Waals surface area contributed by atoms with Gasteiger partial charge in [0.05, 0.1) is 12.2 Å². The van der Waals surface area contributed by atoms with E-state index in [-0.39, 0.29) is 29.3 Å². The van der Waals surface area contributed by atoms with Crippen LogP contribution in [0.3, 0.4) is 0 Å². The first-order valence-corrected chi connectivity index (χ1v) is 11.8. The molecule has 136 valence electrons. The highest BCUT2D eigenvalue weighted by Gasteiger charge is 2.40. The normalized spacial score (nSPS) is 16.5. The van der Waals surface area contributed by atoms with Crippen LogP contribution in [0.2, 0.25) is 18.1 Å². The third kappa shape index (κ3) is 5.54. The van der Waals surface area contributed by atoms with Crippen LogP contribution in [-0.4, -0.2) is 25.3 Å². The van der Waals surface area contributed by atoms with E-state index in [2.05, 4.69) is 40.8 Å². The van der Waals surface area contributed by atoms with Gasteiger partial charge in [0.15, 0.2) is 8.32 Å². The monoisotopic (exact) mass is 350 g/mol. The van der Waals surface area contributed by atoms with Gasteiger partial charge in [0.1, 0.15) is 5.78 Å². The maximum Gasteiger partial charge on any atom is 0.192 e. The molecule has 0 bridgehead atoms. The lowest BCUT2D eigenvalue weighted by atomic mass is 9.92. The fourth-order valence-corrected chi connectivity index (χ4v) is 3.95. The van der Waals surface area contributed by atoms with Crippen LogP contribution in [0.5, 0.6) is 0 Å². The van der Waals surface area contributed by atoms with E-state index in [0.29, 0.717) is 0 Å². The van der Waals surface area contributed by atoms with Crippen LogP contribution >= 0.6 is 0 Å². The van der Waals surface area contributed by atoms with Gasteiger partial charge in [-0.3, -0.25) is 4.79 Å². The van der Waals surface area contributed by atoms with Gasteiger partial charge in [-0.05, 0) is 30.1 Å². The number of carbonyl (C=O) groups excluding carboxylic acids is 1. The summed E-state index contributed by atoms with van der Waals surface area (Å²) in [5.41, 5.74) is 0.788. The molecule has 1 rings (SSSR count). The van der Waals surface area contributed by atoms with Crippen molar-refractivity contribution >= 4 is 14.1 Å². The first kappa shape index (κ1) is 21.1. The highest BCUT2D eigenvalue weighted by atomic mass is 28.4. The Morgan fingerprint density at radius 2 is 1.75 bits per heavy atom. The Balaban J connectivity index is 2.75. The molecule has 1 N–H and O–H groups in total. The van der Waals surface area contributed by atoms with Crippen molar-refractivity contribution < 1.29 is 14.3 Å². The predicted octanol–water partition coefficient (Wildman–Crippen LogP) is 5.12. The molecule has 0 aliphatic rings. The molecular weight excluding hydrogens is 316 g/mol. The minimum absolute atomic E-state index is 0.0666. The highest BCUT2D eigenvalue weighted by Crippen LogP contribution is 2.38. The average Bonchev–Trinajstić information content (AvgIpc) is 2.51. The molecule has 0 aliphatic carbocycles. The van der Waals surface area contributed by atoms with Crippen molar-refractivity contribution in [3.05, 3.63) is 35.9 Å². The lowest BCUT2D eigenvalue weighted by Crippen LogP contribution is -2.46. The van der Waals surface area contributed by atoms with Crippen molar-refractivity contribution in [3.63, 3.8) is 0 Å². The lowest BCUT2D eigenvalue weighted by Gasteiger charge is -2.40. The molecule has 0 fully saturated rings. The summed E-state index contributed by atoms with van der Waals surface area (Å²) in [5, 5.41) is 10.4. The third-order valence-corrected chi connectivity index (χ3v) is 9.80. The summed E-state index contributed by atoms with van der Waals surface area (Å²) in [5.74, 6) is -0.139. The van der Waals surface area contributed by atoms with Gasteiger partial charge in [-0.15, -0.1) is 0 Å². The summed E-state index contributed by atoms with van der Waals surface area (Å²) in [6.07, 6.45) is 0.122. The van der Waals surface area contributed by atoms with Gasteiger partial charge in [0.25, 0.3) is 0 Å². The Hall–Kier alpha value is -0.973. The second kappa shape index (κ2) is 8.41. The molecule has 0 heterocycles. The fourth-order valence-electron chi connectivity index (χ4n) is 2.47. The summed E-state index contributed by atoms with van der Waals surface area (Å²) >= 11 is 0. The van der Waals surface area contributed by atoms with Crippen molar-refractivity contribution in [3.8, 4) is 0 Å². The molecule has 0 radical (unpaired) electrons. The molecular formula is C20H34O3Si. The van der Waals surface area contributed by atoms with E-state index >= 15 is 0 Å². The molecule has 0 aliphatic heterocycles. The topological polar surface area (TPSA) is 46.5 Å². The second-order valence-electron chi connectivity index (χ2n) is 8.21. The predicted molar refractivity (Wildman–Crippen MR) is 103 cm³/mol. The van der Waals surface area contributed by atoms with Crippen LogP contribution < -0.4 is 0 Å². The molecule has 24 heavy (non-hydrogen) atoms. The van der Waals surface area contributed by atoms with Gasteiger partial charge >= 0.3 is 0 Å². The minimum atomic E-state index is -1.92. The second-order valence-corrected chi connectivity index (χ2v) is 13.0. The third-order valence-electron chi connectivity index (χ3n) is 5.30. The zero-order chi connectivity index (χ0) is 18.5. The molecule has 1 aromatic rings. The fraction of sp³-hybridized carbons (Fsp3) is 0.650. The lowest BCUT2D eigenvalue weighted by molar-refractivity contribution is -0.127. The highest BCUT2D eigenvalue weighted by molar-refractivity contribution is 6.74. The van der Waals surface area contributed by atoms with Gasteiger partial charge < -0.3 is 9.53 Å². The van der Waals surface area contributed by atoms with Crippen molar-refractivity contribution in [2.24, 2.45) is 5.92 Å². The van der Waals surface area contributed by atoms with Crippen LogP contribution in [0.1, 0.15) is 59.1 Å². The van der Waals surface area contributed by atoms with Gasteiger partial charge in [0, 0.05) is 12.3 Å². The number of ketones is 1. The Labute approximate surface area is 148 Å². The van der Waals surface area contributed by atoms with E-state index < -0.39 is 14.4 Å². The smallest absolute Gasteiger partial charge is 0.192 e. The summed E-state index contributed by atoms with van der Waals surface area (Å²) in [6, 6.07) is 9.36. The first-order valence-electron chi connectivity index (χ1n) is 8.93. The summed E-state index contributed by atoms with van der Waals surface area (Å²) in [4.78, 5) is 12.6. The maximum absolute atomic E-state index is 12.6. The number of rotatable bonds is 8. The van der Waals surface area contributed by atoms with Crippen molar-refractivity contribution in [2.45, 2.75) is 77.8 Å². The molecule has 0 unspecified atom stereocenters. The minimum Gasteiger partial charge on any atom is -0.413 e. The molecule has 4 heteroatoms. The summed E-state index contributed by atoms with van der Waals surface area (Å²) in [6.45, 7) is 15.0. The van der Waals surface area contributed by atoms with Gasteiger partial charge in [-0.2, -0.15) is 0 Å². The number of aliphatic hydroxyl groups is 1. The Morgan fingerprint density at radius 1 is 1.21 bits per heavy atom. The number of aliphatic hydroxyl groups excluding tert-OH is 1. The molecule has 0 amide bonds. The average molecular weight is 351 g/mol. The van der Waals surface area contributed by atoms with Crippen LogP contribution in [0.4, 0.5) is 0 Å². The Morgan fingerprint density at radius 3 is 2.21 bits per heavy atom. The van der Waals surface area contributed by atoms with E-state index in [1.807, 2.05) is 37.3 Å². The van der Waals surface area contributed by atoms with Crippen LogP contribution in [0.15, 0.2) is 30.3 Å². The molecule has 0 saturated heterocycles. The van der Waals surface area contributed by atoms with Gasteiger partial charge in [0.2, 0.25) is 0 Å². The van der Waals surface area contributed by atoms with E-state index in [1.54, 1.807) is 0 Å². The van der Waals surface area contributed by atoms with E-state index in [9.17, 15) is 9.90 Å². The zero-order valence-electron chi connectivity index (χ0n) is 16.3. The summed E-state index contributed by atoms with van der Waals surface area (Å²) in [7, 11) is -1.92.